The highest BCUT2D eigenvalue weighted by Crippen LogP contribution is 2.24. The van der Waals surface area contributed by atoms with Crippen LogP contribution in [-0.4, -0.2) is 0 Å². The van der Waals surface area contributed by atoms with E-state index in [9.17, 15) is 0 Å². The third-order valence-corrected chi connectivity index (χ3v) is 6.21. The molecule has 0 amide bonds. The summed E-state index contributed by atoms with van der Waals surface area (Å²) in [6, 6.07) is 0. The molecule has 0 saturated carbocycles. The van der Waals surface area contributed by atoms with E-state index in [2.05, 4.69) is 39.8 Å². The molecule has 0 spiro atoms. The van der Waals surface area contributed by atoms with Gasteiger partial charge in [0.25, 0.3) is 0 Å². The minimum atomic E-state index is 0.873. The van der Waals surface area contributed by atoms with Crippen molar-refractivity contribution in [1.82, 2.24) is 0 Å². The molecule has 0 aliphatic rings. The average molecular weight is 379 g/mol. The molecule has 0 heterocycles. The van der Waals surface area contributed by atoms with Crippen LogP contribution < -0.4 is 0 Å². The zero-order valence-corrected chi connectivity index (χ0v) is 19.7. The Morgan fingerprint density at radius 3 is 1.37 bits per heavy atom. The molecule has 0 nitrogen and oxygen atoms in total. The molecule has 0 N–H and O–H groups in total. The number of unbranched alkanes of at least 4 members (excludes halogenated alkanes) is 14. The molecule has 0 fully saturated rings. The van der Waals surface area contributed by atoms with Crippen molar-refractivity contribution in [3.63, 3.8) is 0 Å². The molecule has 1 unspecified atom stereocenters. The summed E-state index contributed by atoms with van der Waals surface area (Å²) in [6.45, 7) is 9.44. The SMILES string of the molecule is CCCCCCCCCCCCC=CCCCCCC(CCCC)C(C)C. The zero-order chi connectivity index (χ0) is 20.0. The average Bonchev–Trinajstić information content (AvgIpc) is 2.66. The van der Waals surface area contributed by atoms with Crippen LogP contribution in [0.4, 0.5) is 0 Å². The maximum absolute atomic E-state index is 2.45. The molecule has 0 rings (SSSR count). The van der Waals surface area contributed by atoms with Crippen LogP contribution in [0.5, 0.6) is 0 Å². The van der Waals surface area contributed by atoms with Gasteiger partial charge in [-0.05, 0) is 37.5 Å². The van der Waals surface area contributed by atoms with E-state index in [1.54, 1.807) is 0 Å². The van der Waals surface area contributed by atoms with Crippen LogP contribution in [0.3, 0.4) is 0 Å². The Bertz CT molecular complexity index is 288. The van der Waals surface area contributed by atoms with Crippen molar-refractivity contribution in [1.29, 1.82) is 0 Å². The number of hydrogen-bond acceptors (Lipinski definition) is 0. The van der Waals surface area contributed by atoms with Crippen LogP contribution in [0.25, 0.3) is 0 Å². The van der Waals surface area contributed by atoms with E-state index < -0.39 is 0 Å². The van der Waals surface area contributed by atoms with E-state index in [1.807, 2.05) is 0 Å². The van der Waals surface area contributed by atoms with E-state index in [0.29, 0.717) is 0 Å². The van der Waals surface area contributed by atoms with Crippen LogP contribution in [-0.2, 0) is 0 Å². The van der Waals surface area contributed by atoms with Crippen molar-refractivity contribution in [3.8, 4) is 0 Å². The Labute approximate surface area is 174 Å². The lowest BCUT2D eigenvalue weighted by Crippen LogP contribution is -2.08. The Kier molecular flexibility index (Phi) is 21.8. The second kappa shape index (κ2) is 22.0. The topological polar surface area (TPSA) is 0 Å². The quantitative estimate of drug-likeness (QED) is 0.138. The molecular formula is C27H54. The van der Waals surface area contributed by atoms with Crippen molar-refractivity contribution >= 4 is 0 Å². The summed E-state index contributed by atoms with van der Waals surface area (Å²) in [7, 11) is 0. The highest BCUT2D eigenvalue weighted by Gasteiger charge is 2.11. The summed E-state index contributed by atoms with van der Waals surface area (Å²) in [4.78, 5) is 0. The van der Waals surface area contributed by atoms with E-state index in [4.69, 9.17) is 0 Å². The van der Waals surface area contributed by atoms with Crippen LogP contribution in [0.15, 0.2) is 12.2 Å². The maximum atomic E-state index is 2.45. The van der Waals surface area contributed by atoms with Crippen molar-refractivity contribution in [2.24, 2.45) is 11.8 Å². The Morgan fingerprint density at radius 1 is 0.481 bits per heavy atom. The van der Waals surface area contributed by atoms with Crippen molar-refractivity contribution in [3.05, 3.63) is 12.2 Å². The molecule has 0 heteroatoms. The van der Waals surface area contributed by atoms with Crippen LogP contribution in [0.2, 0.25) is 0 Å². The van der Waals surface area contributed by atoms with Gasteiger partial charge in [-0.3, -0.25) is 0 Å². The van der Waals surface area contributed by atoms with Crippen molar-refractivity contribution in [2.75, 3.05) is 0 Å². The summed E-state index contributed by atoms with van der Waals surface area (Å²) in [5, 5.41) is 0. The first-order valence-corrected chi connectivity index (χ1v) is 12.9. The number of rotatable bonds is 21. The lowest BCUT2D eigenvalue weighted by atomic mass is 9.86. The molecule has 0 aliphatic carbocycles. The van der Waals surface area contributed by atoms with Gasteiger partial charge >= 0.3 is 0 Å². The van der Waals surface area contributed by atoms with Gasteiger partial charge in [-0.15, -0.1) is 0 Å². The fourth-order valence-corrected chi connectivity index (χ4v) is 4.11. The minimum absolute atomic E-state index is 0.873. The molecule has 0 aromatic heterocycles. The fraction of sp³-hybridized carbons (Fsp3) is 0.926. The molecule has 0 aromatic rings. The van der Waals surface area contributed by atoms with Gasteiger partial charge < -0.3 is 0 Å². The van der Waals surface area contributed by atoms with Gasteiger partial charge in [0.1, 0.15) is 0 Å². The van der Waals surface area contributed by atoms with Gasteiger partial charge in [-0.1, -0.05) is 136 Å². The first kappa shape index (κ1) is 26.7. The molecule has 27 heavy (non-hydrogen) atoms. The van der Waals surface area contributed by atoms with Gasteiger partial charge in [-0.2, -0.15) is 0 Å². The van der Waals surface area contributed by atoms with Gasteiger partial charge in [0.2, 0.25) is 0 Å². The van der Waals surface area contributed by atoms with E-state index >= 15 is 0 Å². The summed E-state index contributed by atoms with van der Waals surface area (Å²) < 4.78 is 0. The van der Waals surface area contributed by atoms with Gasteiger partial charge in [0.15, 0.2) is 0 Å². The molecular weight excluding hydrogens is 324 g/mol. The zero-order valence-electron chi connectivity index (χ0n) is 19.7. The molecule has 0 bridgehead atoms. The van der Waals surface area contributed by atoms with Crippen LogP contribution in [0.1, 0.15) is 150 Å². The molecule has 162 valence electrons. The van der Waals surface area contributed by atoms with Crippen molar-refractivity contribution < 1.29 is 0 Å². The van der Waals surface area contributed by atoms with E-state index in [0.717, 1.165) is 11.8 Å². The largest absolute Gasteiger partial charge is 0.0885 e. The number of hydrogen-bond donors (Lipinski definition) is 0. The first-order chi connectivity index (χ1) is 13.2. The fourth-order valence-electron chi connectivity index (χ4n) is 4.11. The third kappa shape index (κ3) is 20.3. The predicted molar refractivity (Wildman–Crippen MR) is 127 cm³/mol. The summed E-state index contributed by atoms with van der Waals surface area (Å²) in [6.07, 6.45) is 31.9. The monoisotopic (exact) mass is 378 g/mol. The lowest BCUT2D eigenvalue weighted by Gasteiger charge is -2.20. The summed E-state index contributed by atoms with van der Waals surface area (Å²) in [5.41, 5.74) is 0. The van der Waals surface area contributed by atoms with Crippen molar-refractivity contribution in [2.45, 2.75) is 150 Å². The van der Waals surface area contributed by atoms with Crippen LogP contribution >= 0.6 is 0 Å². The predicted octanol–water partition coefficient (Wildman–Crippen LogP) is 10.3. The standard InChI is InChI=1S/C27H54/c1-5-7-9-10-11-12-13-14-15-16-17-18-19-20-21-22-23-25-27(26(3)4)24-8-6-2/h18-19,26-27H,5-17,20-25H2,1-4H3. The second-order valence-electron chi connectivity index (χ2n) is 9.23. The highest BCUT2D eigenvalue weighted by molar-refractivity contribution is 4.81. The lowest BCUT2D eigenvalue weighted by molar-refractivity contribution is 0.317. The Balaban J connectivity index is 3.31. The van der Waals surface area contributed by atoms with Gasteiger partial charge in [0, 0.05) is 0 Å². The second-order valence-corrected chi connectivity index (χ2v) is 9.23. The number of allylic oxidation sites excluding steroid dienone is 2. The van der Waals surface area contributed by atoms with Crippen LogP contribution in [0, 0.1) is 11.8 Å². The highest BCUT2D eigenvalue weighted by atomic mass is 14.2. The molecule has 0 aromatic carbocycles. The van der Waals surface area contributed by atoms with Gasteiger partial charge in [-0.25, -0.2) is 0 Å². The minimum Gasteiger partial charge on any atom is -0.0885 e. The summed E-state index contributed by atoms with van der Waals surface area (Å²) in [5.74, 6) is 1.84. The molecule has 0 radical (unpaired) electrons. The Morgan fingerprint density at radius 2 is 0.889 bits per heavy atom. The molecule has 1 atom stereocenters. The summed E-state index contributed by atoms with van der Waals surface area (Å²) >= 11 is 0. The van der Waals surface area contributed by atoms with E-state index in [-0.39, 0.29) is 0 Å². The van der Waals surface area contributed by atoms with E-state index in [1.165, 1.54) is 122 Å². The molecule has 0 saturated heterocycles. The third-order valence-electron chi connectivity index (χ3n) is 6.21. The first-order valence-electron chi connectivity index (χ1n) is 12.9. The Hall–Kier alpha value is -0.260. The van der Waals surface area contributed by atoms with Gasteiger partial charge in [0.05, 0.1) is 0 Å². The smallest absolute Gasteiger partial charge is 0.0351 e. The normalized spacial score (nSPS) is 13.1. The molecule has 0 aliphatic heterocycles. The maximum Gasteiger partial charge on any atom is -0.0351 e.